The molecule has 0 saturated carbocycles. The van der Waals surface area contributed by atoms with Gasteiger partial charge in [0.25, 0.3) is 0 Å². The van der Waals surface area contributed by atoms with Crippen LogP contribution in [-0.2, 0) is 0 Å². The van der Waals surface area contributed by atoms with Gasteiger partial charge in [-0.2, -0.15) is 0 Å². The minimum atomic E-state index is -0.210. The van der Waals surface area contributed by atoms with Crippen LogP contribution in [-0.4, -0.2) is 49.2 Å². The second-order valence-electron chi connectivity index (χ2n) is 6.68. The van der Waals surface area contributed by atoms with E-state index in [1.807, 2.05) is 32.0 Å². The van der Waals surface area contributed by atoms with Crippen molar-refractivity contribution in [2.45, 2.75) is 33.7 Å². The van der Waals surface area contributed by atoms with Gasteiger partial charge in [0.2, 0.25) is 0 Å². The molecule has 1 aliphatic rings. The Balaban J connectivity index is 1.83. The first-order chi connectivity index (χ1) is 11.9. The lowest BCUT2D eigenvalue weighted by Gasteiger charge is -2.19. The van der Waals surface area contributed by atoms with Gasteiger partial charge in [0.1, 0.15) is 12.4 Å². The summed E-state index contributed by atoms with van der Waals surface area (Å²) >= 11 is 0. The van der Waals surface area contributed by atoms with Gasteiger partial charge in [-0.15, -0.1) is 0 Å². The lowest BCUT2D eigenvalue weighted by molar-refractivity contribution is 0.202. The summed E-state index contributed by atoms with van der Waals surface area (Å²) in [5.41, 5.74) is 1.67. The van der Waals surface area contributed by atoms with E-state index in [9.17, 15) is 9.59 Å². The van der Waals surface area contributed by atoms with Crippen molar-refractivity contribution in [2.75, 3.05) is 31.6 Å². The van der Waals surface area contributed by atoms with Crippen molar-refractivity contribution < 1.29 is 14.3 Å². The van der Waals surface area contributed by atoms with Gasteiger partial charge in [0.05, 0.1) is 6.54 Å². The summed E-state index contributed by atoms with van der Waals surface area (Å²) < 4.78 is 5.70. The van der Waals surface area contributed by atoms with Crippen LogP contribution in [0.15, 0.2) is 18.2 Å². The van der Waals surface area contributed by atoms with Crippen LogP contribution in [0.2, 0.25) is 0 Å². The molecular weight excluding hydrogens is 320 g/mol. The zero-order chi connectivity index (χ0) is 18.4. The zero-order valence-electron chi connectivity index (χ0n) is 15.4. The van der Waals surface area contributed by atoms with Gasteiger partial charge < -0.3 is 25.6 Å². The highest BCUT2D eigenvalue weighted by Crippen LogP contribution is 2.21. The summed E-state index contributed by atoms with van der Waals surface area (Å²) in [6.07, 6.45) is 0. The molecule has 1 atom stereocenters. The average molecular weight is 348 g/mol. The van der Waals surface area contributed by atoms with Crippen LogP contribution in [0.4, 0.5) is 15.3 Å². The minimum Gasteiger partial charge on any atom is -0.492 e. The Morgan fingerprint density at radius 1 is 1.36 bits per heavy atom. The minimum absolute atomic E-state index is 0.0408. The summed E-state index contributed by atoms with van der Waals surface area (Å²) in [6.45, 7) is 10.4. The van der Waals surface area contributed by atoms with Crippen LogP contribution < -0.4 is 20.7 Å². The predicted molar refractivity (Wildman–Crippen MR) is 98.1 cm³/mol. The number of anilines is 1. The van der Waals surface area contributed by atoms with E-state index in [-0.39, 0.29) is 18.1 Å². The summed E-state index contributed by atoms with van der Waals surface area (Å²) in [5, 5.41) is 8.54. The summed E-state index contributed by atoms with van der Waals surface area (Å²) in [6, 6.07) is 5.38. The van der Waals surface area contributed by atoms with Crippen molar-refractivity contribution in [3.8, 4) is 5.75 Å². The van der Waals surface area contributed by atoms with Crippen LogP contribution in [0, 0.1) is 12.8 Å². The highest BCUT2D eigenvalue weighted by molar-refractivity contribution is 5.90. The van der Waals surface area contributed by atoms with E-state index in [1.54, 1.807) is 4.90 Å². The Morgan fingerprint density at radius 2 is 2.12 bits per heavy atom. The number of amides is 4. The number of benzene rings is 1. The van der Waals surface area contributed by atoms with Crippen LogP contribution in [0.1, 0.15) is 26.3 Å². The molecule has 0 spiro atoms. The molecule has 25 heavy (non-hydrogen) atoms. The van der Waals surface area contributed by atoms with Crippen LogP contribution in [0.5, 0.6) is 5.75 Å². The smallest absolute Gasteiger partial charge is 0.319 e. The lowest BCUT2D eigenvalue weighted by atomic mass is 10.1. The lowest BCUT2D eigenvalue weighted by Crippen LogP contribution is -2.39. The fourth-order valence-corrected chi connectivity index (χ4v) is 2.40. The third-order valence-electron chi connectivity index (χ3n) is 4.38. The molecule has 4 amide bonds. The Labute approximate surface area is 149 Å². The predicted octanol–water partition coefficient (Wildman–Crippen LogP) is 2.57. The maximum absolute atomic E-state index is 12.0. The van der Waals surface area contributed by atoms with E-state index in [2.05, 4.69) is 29.8 Å². The molecule has 0 aromatic heterocycles. The Morgan fingerprint density at radius 3 is 2.72 bits per heavy atom. The molecule has 1 unspecified atom stereocenters. The van der Waals surface area contributed by atoms with E-state index in [0.717, 1.165) is 17.0 Å². The van der Waals surface area contributed by atoms with Crippen molar-refractivity contribution in [1.29, 1.82) is 0 Å². The standard InChI is InChI=1S/C18H28N4O3/c1-12(2)14(4)20-17(23)21-16-6-5-15(11-13(16)3)25-10-9-22-8-7-19-18(22)24/h5-6,11-12,14H,7-10H2,1-4H3,(H,19,24)(H2,20,21,23). The molecule has 0 radical (unpaired) electrons. The average Bonchev–Trinajstić information content (AvgIpc) is 2.95. The molecule has 0 bridgehead atoms. The van der Waals surface area contributed by atoms with Crippen molar-refractivity contribution in [3.05, 3.63) is 23.8 Å². The quantitative estimate of drug-likeness (QED) is 0.708. The van der Waals surface area contributed by atoms with E-state index in [1.165, 1.54) is 0 Å². The molecule has 1 saturated heterocycles. The Kier molecular flexibility index (Phi) is 6.50. The molecule has 0 aliphatic carbocycles. The van der Waals surface area contributed by atoms with E-state index in [0.29, 0.717) is 32.2 Å². The normalized spacial score (nSPS) is 15.1. The molecule has 138 valence electrons. The molecule has 2 rings (SSSR count). The van der Waals surface area contributed by atoms with Crippen LogP contribution in [0.25, 0.3) is 0 Å². The second kappa shape index (κ2) is 8.60. The van der Waals surface area contributed by atoms with E-state index < -0.39 is 0 Å². The molecule has 7 nitrogen and oxygen atoms in total. The highest BCUT2D eigenvalue weighted by Gasteiger charge is 2.18. The molecule has 7 heteroatoms. The number of urea groups is 2. The summed E-state index contributed by atoms with van der Waals surface area (Å²) in [7, 11) is 0. The number of nitrogens with one attached hydrogen (secondary N) is 3. The third kappa shape index (κ3) is 5.55. The first-order valence-electron chi connectivity index (χ1n) is 8.70. The molecule has 1 aromatic rings. The van der Waals surface area contributed by atoms with Crippen molar-refractivity contribution in [1.82, 2.24) is 15.5 Å². The monoisotopic (exact) mass is 348 g/mol. The molecule has 3 N–H and O–H groups in total. The number of rotatable bonds is 7. The molecule has 1 fully saturated rings. The van der Waals surface area contributed by atoms with Crippen molar-refractivity contribution in [3.63, 3.8) is 0 Å². The van der Waals surface area contributed by atoms with Gasteiger partial charge in [-0.25, -0.2) is 9.59 Å². The van der Waals surface area contributed by atoms with Gasteiger partial charge in [0, 0.05) is 24.8 Å². The fraction of sp³-hybridized carbons (Fsp3) is 0.556. The Bertz CT molecular complexity index is 618. The van der Waals surface area contributed by atoms with E-state index >= 15 is 0 Å². The van der Waals surface area contributed by atoms with Crippen molar-refractivity contribution >= 4 is 17.7 Å². The number of nitrogens with zero attached hydrogens (tertiary/aromatic N) is 1. The molecule has 1 aromatic carbocycles. The number of carbonyl (C=O) groups excluding carboxylic acids is 2. The fourth-order valence-electron chi connectivity index (χ4n) is 2.40. The SMILES string of the molecule is Cc1cc(OCCN2CCNC2=O)ccc1NC(=O)NC(C)C(C)C. The first kappa shape index (κ1) is 18.9. The number of ether oxygens (including phenoxy) is 1. The van der Waals surface area contributed by atoms with E-state index in [4.69, 9.17) is 4.74 Å². The number of carbonyl (C=O) groups is 2. The summed E-state index contributed by atoms with van der Waals surface area (Å²) in [5.74, 6) is 1.10. The largest absolute Gasteiger partial charge is 0.492 e. The van der Waals surface area contributed by atoms with Gasteiger partial charge in [0.15, 0.2) is 0 Å². The van der Waals surface area contributed by atoms with Crippen LogP contribution >= 0.6 is 0 Å². The number of hydrogen-bond acceptors (Lipinski definition) is 3. The van der Waals surface area contributed by atoms with Crippen molar-refractivity contribution in [2.24, 2.45) is 5.92 Å². The molecular formula is C18H28N4O3. The molecule has 1 heterocycles. The first-order valence-corrected chi connectivity index (χ1v) is 8.70. The van der Waals surface area contributed by atoms with Gasteiger partial charge >= 0.3 is 12.1 Å². The van der Waals surface area contributed by atoms with Gasteiger partial charge in [-0.05, 0) is 43.5 Å². The summed E-state index contributed by atoms with van der Waals surface area (Å²) in [4.78, 5) is 25.2. The molecule has 1 aliphatic heterocycles. The second-order valence-corrected chi connectivity index (χ2v) is 6.68. The Hall–Kier alpha value is -2.44. The van der Waals surface area contributed by atoms with Gasteiger partial charge in [-0.1, -0.05) is 13.8 Å². The van der Waals surface area contributed by atoms with Crippen LogP contribution in [0.3, 0.4) is 0 Å². The zero-order valence-corrected chi connectivity index (χ0v) is 15.4. The maximum atomic E-state index is 12.0. The maximum Gasteiger partial charge on any atom is 0.319 e. The topological polar surface area (TPSA) is 82.7 Å². The highest BCUT2D eigenvalue weighted by atomic mass is 16.5. The van der Waals surface area contributed by atoms with Gasteiger partial charge in [-0.3, -0.25) is 0 Å². The number of aryl methyl sites for hydroxylation is 1. The third-order valence-corrected chi connectivity index (χ3v) is 4.38. The number of hydrogen-bond donors (Lipinski definition) is 3.